The maximum absolute atomic E-state index is 12.3. The van der Waals surface area contributed by atoms with Gasteiger partial charge in [-0.15, -0.1) is 0 Å². The zero-order valence-corrected chi connectivity index (χ0v) is 11.9. The maximum Gasteiger partial charge on any atom is 0.242 e. The van der Waals surface area contributed by atoms with Crippen LogP contribution in [0.25, 0.3) is 0 Å². The predicted octanol–water partition coefficient (Wildman–Crippen LogP) is 0.359. The highest BCUT2D eigenvalue weighted by molar-refractivity contribution is 5.88. The van der Waals surface area contributed by atoms with Crippen molar-refractivity contribution in [3.05, 3.63) is 0 Å². The number of nitrogens with zero attached hydrogens (tertiary/aromatic N) is 1. The summed E-state index contributed by atoms with van der Waals surface area (Å²) in [5.41, 5.74) is 0. The molecule has 0 aromatic rings. The fourth-order valence-corrected chi connectivity index (χ4v) is 2.66. The van der Waals surface area contributed by atoms with Gasteiger partial charge in [-0.25, -0.2) is 0 Å². The van der Waals surface area contributed by atoms with E-state index in [0.717, 1.165) is 45.4 Å². The lowest BCUT2D eigenvalue weighted by atomic mass is 9.98. The summed E-state index contributed by atoms with van der Waals surface area (Å²) >= 11 is 0. The zero-order valence-electron chi connectivity index (χ0n) is 11.9. The van der Waals surface area contributed by atoms with Gasteiger partial charge in [0.15, 0.2) is 0 Å². The Balaban J connectivity index is 1.89. The molecule has 0 aliphatic carbocycles. The lowest BCUT2D eigenvalue weighted by molar-refractivity contribution is -0.144. The summed E-state index contributed by atoms with van der Waals surface area (Å²) in [6.07, 6.45) is 2.84. The number of likely N-dealkylation sites (tertiary alicyclic amines) is 1. The van der Waals surface area contributed by atoms with Crippen LogP contribution >= 0.6 is 0 Å². The van der Waals surface area contributed by atoms with Crippen molar-refractivity contribution in [3.8, 4) is 0 Å². The maximum atomic E-state index is 12.3. The average molecular weight is 267 g/mol. The Morgan fingerprint density at radius 1 is 1.32 bits per heavy atom. The lowest BCUT2D eigenvalue weighted by Gasteiger charge is -2.36. The Morgan fingerprint density at radius 2 is 2.05 bits per heavy atom. The first-order valence-corrected chi connectivity index (χ1v) is 7.38. The molecule has 2 rings (SSSR count). The van der Waals surface area contributed by atoms with Gasteiger partial charge in [-0.3, -0.25) is 9.59 Å². The summed E-state index contributed by atoms with van der Waals surface area (Å²) in [5, 5.41) is 6.20. The van der Waals surface area contributed by atoms with Crippen LogP contribution < -0.4 is 10.6 Å². The largest absolute Gasteiger partial charge is 0.354 e. The first-order valence-electron chi connectivity index (χ1n) is 7.38. The molecule has 0 bridgehead atoms. The van der Waals surface area contributed by atoms with Gasteiger partial charge in [0.25, 0.3) is 0 Å². The molecule has 2 heterocycles. The van der Waals surface area contributed by atoms with E-state index in [1.807, 2.05) is 13.8 Å². The molecule has 0 aromatic heterocycles. The van der Waals surface area contributed by atoms with E-state index in [0.29, 0.717) is 5.92 Å². The molecule has 2 N–H and O–H groups in total. The zero-order chi connectivity index (χ0) is 13.8. The van der Waals surface area contributed by atoms with E-state index in [-0.39, 0.29) is 23.8 Å². The van der Waals surface area contributed by atoms with E-state index < -0.39 is 0 Å². The normalized spacial score (nSPS) is 24.2. The average Bonchev–Trinajstić information content (AvgIpc) is 2.35. The van der Waals surface area contributed by atoms with Gasteiger partial charge in [0.2, 0.25) is 11.8 Å². The van der Waals surface area contributed by atoms with E-state index in [4.69, 9.17) is 0 Å². The summed E-state index contributed by atoms with van der Waals surface area (Å²) in [6, 6.07) is -0.253. The van der Waals surface area contributed by atoms with Crippen LogP contribution in [-0.2, 0) is 9.59 Å². The van der Waals surface area contributed by atoms with Crippen molar-refractivity contribution in [2.75, 3.05) is 26.2 Å². The van der Waals surface area contributed by atoms with Crippen LogP contribution in [0.3, 0.4) is 0 Å². The van der Waals surface area contributed by atoms with Gasteiger partial charge in [0.05, 0.1) is 0 Å². The number of carbonyl (C=O) groups is 2. The van der Waals surface area contributed by atoms with Gasteiger partial charge < -0.3 is 15.5 Å². The van der Waals surface area contributed by atoms with E-state index in [1.54, 1.807) is 4.90 Å². The molecule has 2 amide bonds. The van der Waals surface area contributed by atoms with Crippen LogP contribution in [0.5, 0.6) is 0 Å². The summed E-state index contributed by atoms with van der Waals surface area (Å²) in [4.78, 5) is 26.2. The Kier molecular flexibility index (Phi) is 4.80. The lowest BCUT2D eigenvalue weighted by Crippen LogP contribution is -2.55. The molecule has 0 spiro atoms. The number of piperidine rings is 1. The molecule has 5 nitrogen and oxygen atoms in total. The molecule has 2 fully saturated rings. The number of rotatable bonds is 4. The molecule has 19 heavy (non-hydrogen) atoms. The van der Waals surface area contributed by atoms with E-state index in [1.165, 1.54) is 0 Å². The first-order chi connectivity index (χ1) is 9.09. The second-order valence-corrected chi connectivity index (χ2v) is 5.97. The highest BCUT2D eigenvalue weighted by atomic mass is 16.2. The van der Waals surface area contributed by atoms with Crippen LogP contribution in [0, 0.1) is 11.8 Å². The van der Waals surface area contributed by atoms with Crippen LogP contribution in [-0.4, -0.2) is 48.9 Å². The Labute approximate surface area is 115 Å². The van der Waals surface area contributed by atoms with E-state index >= 15 is 0 Å². The molecular weight excluding hydrogens is 242 g/mol. The van der Waals surface area contributed by atoms with Crippen molar-refractivity contribution >= 4 is 11.8 Å². The Hall–Kier alpha value is -1.10. The molecule has 1 atom stereocenters. The van der Waals surface area contributed by atoms with Crippen molar-refractivity contribution in [3.63, 3.8) is 0 Å². The highest BCUT2D eigenvalue weighted by Gasteiger charge is 2.33. The van der Waals surface area contributed by atoms with Crippen molar-refractivity contribution in [2.45, 2.75) is 39.2 Å². The monoisotopic (exact) mass is 267 g/mol. The fraction of sp³-hybridized carbons (Fsp3) is 0.857. The Bertz CT molecular complexity index is 340. The van der Waals surface area contributed by atoms with Crippen LogP contribution in [0.2, 0.25) is 0 Å². The highest BCUT2D eigenvalue weighted by Crippen LogP contribution is 2.19. The molecule has 0 saturated carbocycles. The SMILES string of the molecule is CC(C)C(=O)N1CCCCC1C(=O)NCC1CNC1. The second-order valence-electron chi connectivity index (χ2n) is 5.97. The predicted molar refractivity (Wildman–Crippen MR) is 73.6 cm³/mol. The second kappa shape index (κ2) is 6.37. The Morgan fingerprint density at radius 3 is 2.63 bits per heavy atom. The van der Waals surface area contributed by atoms with Crippen molar-refractivity contribution < 1.29 is 9.59 Å². The number of nitrogens with one attached hydrogen (secondary N) is 2. The molecule has 2 aliphatic heterocycles. The van der Waals surface area contributed by atoms with Crippen molar-refractivity contribution in [1.82, 2.24) is 15.5 Å². The number of amides is 2. The van der Waals surface area contributed by atoms with Gasteiger partial charge in [-0.05, 0) is 19.3 Å². The molecule has 1 unspecified atom stereocenters. The van der Waals surface area contributed by atoms with Gasteiger partial charge >= 0.3 is 0 Å². The fourth-order valence-electron chi connectivity index (χ4n) is 2.66. The van der Waals surface area contributed by atoms with E-state index in [2.05, 4.69) is 10.6 Å². The van der Waals surface area contributed by atoms with Crippen molar-refractivity contribution in [1.29, 1.82) is 0 Å². The summed E-state index contributed by atoms with van der Waals surface area (Å²) in [6.45, 7) is 7.21. The molecule has 2 saturated heterocycles. The minimum Gasteiger partial charge on any atom is -0.354 e. The number of carbonyl (C=O) groups excluding carboxylic acids is 2. The van der Waals surface area contributed by atoms with Gasteiger partial charge in [0.1, 0.15) is 6.04 Å². The molecule has 0 aromatic carbocycles. The third kappa shape index (κ3) is 3.47. The number of hydrogen-bond acceptors (Lipinski definition) is 3. The van der Waals surface area contributed by atoms with Crippen LogP contribution in [0.15, 0.2) is 0 Å². The topological polar surface area (TPSA) is 61.4 Å². The first kappa shape index (κ1) is 14.3. The summed E-state index contributed by atoms with van der Waals surface area (Å²) in [5.74, 6) is 0.650. The quantitative estimate of drug-likeness (QED) is 0.773. The molecule has 108 valence electrons. The third-order valence-electron chi connectivity index (χ3n) is 4.01. The third-order valence-corrected chi connectivity index (χ3v) is 4.01. The summed E-state index contributed by atoms with van der Waals surface area (Å²) < 4.78 is 0. The van der Waals surface area contributed by atoms with E-state index in [9.17, 15) is 9.59 Å². The molecule has 0 radical (unpaired) electrons. The van der Waals surface area contributed by atoms with Gasteiger partial charge in [-0.1, -0.05) is 13.8 Å². The molecule has 2 aliphatic rings. The van der Waals surface area contributed by atoms with Crippen LogP contribution in [0.1, 0.15) is 33.1 Å². The molecule has 5 heteroatoms. The number of hydrogen-bond donors (Lipinski definition) is 2. The minimum atomic E-state index is -0.253. The van der Waals surface area contributed by atoms with Crippen molar-refractivity contribution in [2.24, 2.45) is 11.8 Å². The minimum absolute atomic E-state index is 0.0283. The smallest absolute Gasteiger partial charge is 0.242 e. The molecular formula is C14H25N3O2. The van der Waals surface area contributed by atoms with Gasteiger partial charge in [0, 0.05) is 38.0 Å². The van der Waals surface area contributed by atoms with Gasteiger partial charge in [-0.2, -0.15) is 0 Å². The summed E-state index contributed by atoms with van der Waals surface area (Å²) in [7, 11) is 0. The standard InChI is InChI=1S/C14H25N3O2/c1-10(2)14(19)17-6-4-3-5-12(17)13(18)16-9-11-7-15-8-11/h10-12,15H,3-9H2,1-2H3,(H,16,18). The van der Waals surface area contributed by atoms with Crippen LogP contribution in [0.4, 0.5) is 0 Å².